The largest absolute Gasteiger partial charge is 0.392 e. The molecule has 0 fully saturated rings. The number of nitrogens with zero attached hydrogens (tertiary/aromatic N) is 2. The number of rotatable bonds is 2. The van der Waals surface area contributed by atoms with Crippen molar-refractivity contribution in [3.63, 3.8) is 0 Å². The van der Waals surface area contributed by atoms with Crippen LogP contribution in [0.25, 0.3) is 5.65 Å². The molecule has 0 atom stereocenters. The highest BCUT2D eigenvalue weighted by Crippen LogP contribution is 2.14. The average molecular weight is 190 g/mol. The summed E-state index contributed by atoms with van der Waals surface area (Å²) in [6.45, 7) is 4.31. The van der Waals surface area contributed by atoms with E-state index in [0.29, 0.717) is 5.92 Å². The minimum atomic E-state index is 0.0745. The molecule has 0 saturated heterocycles. The van der Waals surface area contributed by atoms with Gasteiger partial charge in [-0.15, -0.1) is 0 Å². The number of aliphatic hydroxyl groups excluding tert-OH is 1. The highest BCUT2D eigenvalue weighted by atomic mass is 16.3. The third-order valence-electron chi connectivity index (χ3n) is 2.31. The molecule has 3 heteroatoms. The van der Waals surface area contributed by atoms with E-state index in [4.69, 9.17) is 5.11 Å². The zero-order valence-corrected chi connectivity index (χ0v) is 8.44. The van der Waals surface area contributed by atoms with Gasteiger partial charge in [0.05, 0.1) is 12.3 Å². The quantitative estimate of drug-likeness (QED) is 0.786. The molecule has 0 aliphatic heterocycles. The van der Waals surface area contributed by atoms with Crippen molar-refractivity contribution in [1.29, 1.82) is 0 Å². The number of imidazole rings is 1. The van der Waals surface area contributed by atoms with E-state index in [-0.39, 0.29) is 6.61 Å². The second kappa shape index (κ2) is 3.42. The Kier molecular flexibility index (Phi) is 2.25. The molecule has 0 unspecified atom stereocenters. The average Bonchev–Trinajstić information content (AvgIpc) is 2.59. The van der Waals surface area contributed by atoms with Gasteiger partial charge >= 0.3 is 0 Å². The molecule has 2 heterocycles. The molecule has 2 aromatic rings. The third-order valence-corrected chi connectivity index (χ3v) is 2.31. The number of pyridine rings is 1. The minimum Gasteiger partial charge on any atom is -0.392 e. The molecule has 0 aliphatic rings. The van der Waals surface area contributed by atoms with Gasteiger partial charge in [-0.05, 0) is 17.5 Å². The lowest BCUT2D eigenvalue weighted by Crippen LogP contribution is -1.88. The van der Waals surface area contributed by atoms with Gasteiger partial charge in [0.15, 0.2) is 0 Å². The number of fused-ring (bicyclic) bond motifs is 1. The predicted molar refractivity (Wildman–Crippen MR) is 55.2 cm³/mol. The van der Waals surface area contributed by atoms with Crippen LogP contribution >= 0.6 is 0 Å². The van der Waals surface area contributed by atoms with Crippen LogP contribution in [-0.2, 0) is 6.61 Å². The summed E-state index contributed by atoms with van der Waals surface area (Å²) in [4.78, 5) is 4.47. The van der Waals surface area contributed by atoms with Gasteiger partial charge in [-0.2, -0.15) is 0 Å². The van der Waals surface area contributed by atoms with E-state index < -0.39 is 0 Å². The van der Waals surface area contributed by atoms with Gasteiger partial charge in [0.2, 0.25) is 0 Å². The topological polar surface area (TPSA) is 37.5 Å². The first kappa shape index (κ1) is 9.21. The van der Waals surface area contributed by atoms with E-state index in [0.717, 1.165) is 16.9 Å². The highest BCUT2D eigenvalue weighted by molar-refractivity contribution is 5.41. The van der Waals surface area contributed by atoms with E-state index in [1.807, 2.05) is 28.9 Å². The van der Waals surface area contributed by atoms with E-state index in [1.165, 1.54) is 0 Å². The molecule has 2 aromatic heterocycles. The van der Waals surface area contributed by atoms with Gasteiger partial charge in [-0.25, -0.2) is 4.98 Å². The van der Waals surface area contributed by atoms with Crippen LogP contribution in [0.4, 0.5) is 0 Å². The van der Waals surface area contributed by atoms with Crippen molar-refractivity contribution in [2.75, 3.05) is 0 Å². The number of aliphatic hydroxyl groups is 1. The first-order valence-electron chi connectivity index (χ1n) is 4.79. The van der Waals surface area contributed by atoms with Crippen LogP contribution in [0.5, 0.6) is 0 Å². The molecule has 0 spiro atoms. The highest BCUT2D eigenvalue weighted by Gasteiger charge is 2.05. The predicted octanol–water partition coefficient (Wildman–Crippen LogP) is 1.95. The molecule has 0 aromatic carbocycles. The maximum absolute atomic E-state index is 8.98. The molecule has 1 N–H and O–H groups in total. The molecule has 2 rings (SSSR count). The zero-order chi connectivity index (χ0) is 10.1. The van der Waals surface area contributed by atoms with Gasteiger partial charge < -0.3 is 9.51 Å². The van der Waals surface area contributed by atoms with Crippen LogP contribution in [0.3, 0.4) is 0 Å². The zero-order valence-electron chi connectivity index (χ0n) is 8.44. The standard InChI is InChI=1S/C11H14N2O/c1-8(2)10-6-13-5-9(7-14)3-4-11(13)12-10/h3-6,8,14H,7H2,1-2H3. The first-order valence-corrected chi connectivity index (χ1v) is 4.79. The Morgan fingerprint density at radius 1 is 1.36 bits per heavy atom. The Balaban J connectivity index is 2.54. The third kappa shape index (κ3) is 1.51. The first-order chi connectivity index (χ1) is 6.70. The number of aromatic nitrogens is 2. The van der Waals surface area contributed by atoms with E-state index in [9.17, 15) is 0 Å². The fourth-order valence-corrected chi connectivity index (χ4v) is 1.43. The lowest BCUT2D eigenvalue weighted by atomic mass is 10.2. The molecule has 0 radical (unpaired) electrons. The van der Waals surface area contributed by atoms with Crippen LogP contribution in [0.2, 0.25) is 0 Å². The Morgan fingerprint density at radius 2 is 2.14 bits per heavy atom. The van der Waals surface area contributed by atoms with E-state index in [1.54, 1.807) is 0 Å². The van der Waals surface area contributed by atoms with E-state index in [2.05, 4.69) is 18.8 Å². The SMILES string of the molecule is CC(C)c1cn2cc(CO)ccc2n1. The summed E-state index contributed by atoms with van der Waals surface area (Å²) in [5, 5.41) is 8.98. The van der Waals surface area contributed by atoms with Crippen LogP contribution in [0.15, 0.2) is 24.5 Å². The molecule has 74 valence electrons. The van der Waals surface area contributed by atoms with Gasteiger partial charge in [-0.1, -0.05) is 19.9 Å². The summed E-state index contributed by atoms with van der Waals surface area (Å²) in [7, 11) is 0. The summed E-state index contributed by atoms with van der Waals surface area (Å²) in [6, 6.07) is 3.82. The van der Waals surface area contributed by atoms with Crippen LogP contribution in [-0.4, -0.2) is 14.5 Å². The second-order valence-electron chi connectivity index (χ2n) is 3.78. The normalized spacial score (nSPS) is 11.4. The summed E-state index contributed by atoms with van der Waals surface area (Å²) in [5.74, 6) is 0.437. The summed E-state index contributed by atoms with van der Waals surface area (Å²) in [5.41, 5.74) is 2.93. The number of hydrogen-bond donors (Lipinski definition) is 1. The maximum Gasteiger partial charge on any atom is 0.137 e. The van der Waals surface area contributed by atoms with Crippen molar-refractivity contribution in [2.45, 2.75) is 26.4 Å². The number of hydrogen-bond acceptors (Lipinski definition) is 2. The lowest BCUT2D eigenvalue weighted by molar-refractivity contribution is 0.281. The van der Waals surface area contributed by atoms with Crippen molar-refractivity contribution in [2.24, 2.45) is 0 Å². The molecular weight excluding hydrogens is 176 g/mol. The Labute approximate surface area is 83.0 Å². The van der Waals surface area contributed by atoms with Crippen molar-refractivity contribution in [1.82, 2.24) is 9.38 Å². The van der Waals surface area contributed by atoms with Crippen LogP contribution in [0.1, 0.15) is 31.0 Å². The molecule has 0 amide bonds. The Hall–Kier alpha value is -1.35. The van der Waals surface area contributed by atoms with Gasteiger partial charge in [0.25, 0.3) is 0 Å². The molecule has 0 saturated carbocycles. The van der Waals surface area contributed by atoms with Crippen LogP contribution in [0, 0.1) is 0 Å². The van der Waals surface area contributed by atoms with E-state index >= 15 is 0 Å². The van der Waals surface area contributed by atoms with Crippen molar-refractivity contribution in [3.05, 3.63) is 35.8 Å². The Morgan fingerprint density at radius 3 is 2.79 bits per heavy atom. The van der Waals surface area contributed by atoms with Crippen molar-refractivity contribution in [3.8, 4) is 0 Å². The summed E-state index contributed by atoms with van der Waals surface area (Å²) >= 11 is 0. The lowest BCUT2D eigenvalue weighted by Gasteiger charge is -1.96. The molecule has 0 aliphatic carbocycles. The van der Waals surface area contributed by atoms with Crippen molar-refractivity contribution < 1.29 is 5.11 Å². The molecule has 3 nitrogen and oxygen atoms in total. The van der Waals surface area contributed by atoms with Gasteiger partial charge in [0, 0.05) is 12.4 Å². The molecule has 14 heavy (non-hydrogen) atoms. The second-order valence-corrected chi connectivity index (χ2v) is 3.78. The van der Waals surface area contributed by atoms with Gasteiger partial charge in [-0.3, -0.25) is 0 Å². The fraction of sp³-hybridized carbons (Fsp3) is 0.364. The fourth-order valence-electron chi connectivity index (χ4n) is 1.43. The molecular formula is C11H14N2O. The Bertz CT molecular complexity index is 445. The summed E-state index contributed by atoms with van der Waals surface area (Å²) < 4.78 is 1.96. The maximum atomic E-state index is 8.98. The van der Waals surface area contributed by atoms with Crippen LogP contribution < -0.4 is 0 Å². The minimum absolute atomic E-state index is 0.0745. The molecule has 0 bridgehead atoms. The summed E-state index contributed by atoms with van der Waals surface area (Å²) in [6.07, 6.45) is 3.92. The smallest absolute Gasteiger partial charge is 0.137 e. The van der Waals surface area contributed by atoms with Gasteiger partial charge in [0.1, 0.15) is 5.65 Å². The monoisotopic (exact) mass is 190 g/mol. The van der Waals surface area contributed by atoms with Crippen molar-refractivity contribution >= 4 is 5.65 Å².